The first kappa shape index (κ1) is 12.2. The number of allylic oxidation sites excluding steroid dienone is 1. The maximum atomic E-state index is 10.8. The highest BCUT2D eigenvalue weighted by Gasteiger charge is 2.04. The van der Waals surface area contributed by atoms with Crippen LogP contribution in [0.2, 0.25) is 0 Å². The predicted octanol–water partition coefficient (Wildman–Crippen LogP) is 1.09. The molecule has 0 saturated heterocycles. The number of carbonyl (C=O) groups excluding carboxylic acids is 1. The second-order valence-electron chi connectivity index (χ2n) is 3.50. The summed E-state index contributed by atoms with van der Waals surface area (Å²) >= 11 is 0. The number of aliphatic hydroxyl groups excluding tert-OH is 1. The molecular formula is C10H19NO2. The molecule has 0 aliphatic carbocycles. The minimum Gasteiger partial charge on any atom is -0.389 e. The Kier molecular flexibility index (Phi) is 6.24. The van der Waals surface area contributed by atoms with Gasteiger partial charge in [0.25, 0.3) is 0 Å². The standard InChI is InChI=1S/C10H19NO2/c1-8(2)5-4-6-9(12)7-10(13)11-3/h4,6,8-9,12H,5,7H2,1-3H3,(H,11,13)/b6-4+. The van der Waals surface area contributed by atoms with Gasteiger partial charge in [0, 0.05) is 7.05 Å². The van der Waals surface area contributed by atoms with Crippen LogP contribution in [0.15, 0.2) is 12.2 Å². The lowest BCUT2D eigenvalue weighted by atomic mass is 10.1. The van der Waals surface area contributed by atoms with Gasteiger partial charge in [-0.05, 0) is 12.3 Å². The molecule has 0 heterocycles. The SMILES string of the molecule is CNC(=O)CC(O)/C=C/CC(C)C. The van der Waals surface area contributed by atoms with Crippen LogP contribution >= 0.6 is 0 Å². The fraction of sp³-hybridized carbons (Fsp3) is 0.700. The Morgan fingerprint density at radius 2 is 2.15 bits per heavy atom. The average Bonchev–Trinajstić information content (AvgIpc) is 2.03. The molecule has 1 atom stereocenters. The number of carbonyl (C=O) groups is 1. The van der Waals surface area contributed by atoms with Crippen molar-refractivity contribution in [3.05, 3.63) is 12.2 Å². The van der Waals surface area contributed by atoms with Gasteiger partial charge < -0.3 is 10.4 Å². The number of amides is 1. The van der Waals surface area contributed by atoms with Crippen molar-refractivity contribution < 1.29 is 9.90 Å². The summed E-state index contributed by atoms with van der Waals surface area (Å²) in [5, 5.41) is 11.8. The Balaban J connectivity index is 3.66. The summed E-state index contributed by atoms with van der Waals surface area (Å²) in [7, 11) is 1.56. The van der Waals surface area contributed by atoms with Gasteiger partial charge in [0.05, 0.1) is 12.5 Å². The Morgan fingerprint density at radius 1 is 1.54 bits per heavy atom. The van der Waals surface area contributed by atoms with Crippen LogP contribution in [0.4, 0.5) is 0 Å². The molecule has 3 heteroatoms. The van der Waals surface area contributed by atoms with Crippen molar-refractivity contribution in [2.45, 2.75) is 32.8 Å². The summed E-state index contributed by atoms with van der Waals surface area (Å²) in [6, 6.07) is 0. The number of aliphatic hydroxyl groups is 1. The van der Waals surface area contributed by atoms with Gasteiger partial charge in [0.2, 0.25) is 5.91 Å². The van der Waals surface area contributed by atoms with Gasteiger partial charge in [-0.3, -0.25) is 4.79 Å². The summed E-state index contributed by atoms with van der Waals surface area (Å²) < 4.78 is 0. The first-order chi connectivity index (χ1) is 6.06. The van der Waals surface area contributed by atoms with Crippen LogP contribution in [-0.2, 0) is 4.79 Å². The fourth-order valence-electron chi connectivity index (χ4n) is 0.868. The molecule has 13 heavy (non-hydrogen) atoms. The van der Waals surface area contributed by atoms with Crippen LogP contribution in [0, 0.1) is 5.92 Å². The summed E-state index contributed by atoms with van der Waals surface area (Å²) in [5.41, 5.74) is 0. The molecule has 3 nitrogen and oxygen atoms in total. The van der Waals surface area contributed by atoms with Gasteiger partial charge in [-0.1, -0.05) is 26.0 Å². The lowest BCUT2D eigenvalue weighted by Crippen LogP contribution is -2.22. The summed E-state index contributed by atoms with van der Waals surface area (Å²) in [4.78, 5) is 10.8. The first-order valence-corrected chi connectivity index (χ1v) is 4.61. The Labute approximate surface area is 79.8 Å². The average molecular weight is 185 g/mol. The van der Waals surface area contributed by atoms with E-state index >= 15 is 0 Å². The maximum Gasteiger partial charge on any atom is 0.222 e. The monoisotopic (exact) mass is 185 g/mol. The van der Waals surface area contributed by atoms with Crippen molar-refractivity contribution in [1.82, 2.24) is 5.32 Å². The highest BCUT2D eigenvalue weighted by molar-refractivity contribution is 5.76. The lowest BCUT2D eigenvalue weighted by Gasteiger charge is -2.04. The zero-order chi connectivity index (χ0) is 10.3. The Morgan fingerprint density at radius 3 is 2.62 bits per heavy atom. The van der Waals surface area contributed by atoms with Crippen LogP contribution in [0.25, 0.3) is 0 Å². The second kappa shape index (κ2) is 6.66. The van der Waals surface area contributed by atoms with Crippen LogP contribution in [-0.4, -0.2) is 24.2 Å². The van der Waals surface area contributed by atoms with Gasteiger partial charge >= 0.3 is 0 Å². The van der Waals surface area contributed by atoms with Gasteiger partial charge in [0.1, 0.15) is 0 Å². The van der Waals surface area contributed by atoms with E-state index in [1.54, 1.807) is 13.1 Å². The smallest absolute Gasteiger partial charge is 0.222 e. The third-order valence-electron chi connectivity index (χ3n) is 1.64. The van der Waals surface area contributed by atoms with E-state index < -0.39 is 6.10 Å². The van der Waals surface area contributed by atoms with Crippen LogP contribution in [0.5, 0.6) is 0 Å². The summed E-state index contributed by atoms with van der Waals surface area (Å²) in [6.45, 7) is 4.21. The molecule has 0 spiro atoms. The molecule has 1 unspecified atom stereocenters. The minimum absolute atomic E-state index is 0.137. The zero-order valence-electron chi connectivity index (χ0n) is 8.58. The summed E-state index contributed by atoms with van der Waals surface area (Å²) in [5.74, 6) is 0.449. The molecule has 0 radical (unpaired) electrons. The van der Waals surface area contributed by atoms with Gasteiger partial charge in [-0.15, -0.1) is 0 Å². The van der Waals surface area contributed by atoms with E-state index in [-0.39, 0.29) is 12.3 Å². The van der Waals surface area contributed by atoms with E-state index in [9.17, 15) is 9.90 Å². The predicted molar refractivity (Wildman–Crippen MR) is 53.3 cm³/mol. The summed E-state index contributed by atoms with van der Waals surface area (Å²) in [6.07, 6.45) is 4.02. The maximum absolute atomic E-state index is 10.8. The highest BCUT2D eigenvalue weighted by atomic mass is 16.3. The van der Waals surface area contributed by atoms with E-state index in [4.69, 9.17) is 0 Å². The molecule has 0 fully saturated rings. The van der Waals surface area contributed by atoms with Crippen molar-refractivity contribution >= 4 is 5.91 Å². The Bertz CT molecular complexity index is 176. The normalized spacial score (nSPS) is 13.6. The van der Waals surface area contributed by atoms with Crippen molar-refractivity contribution in [3.63, 3.8) is 0 Å². The molecule has 0 saturated carbocycles. The fourth-order valence-corrected chi connectivity index (χ4v) is 0.868. The molecule has 76 valence electrons. The molecular weight excluding hydrogens is 166 g/mol. The molecule has 0 bridgehead atoms. The number of rotatable bonds is 5. The van der Waals surface area contributed by atoms with E-state index in [0.29, 0.717) is 5.92 Å². The number of hydrogen-bond acceptors (Lipinski definition) is 2. The third kappa shape index (κ3) is 7.53. The molecule has 0 rings (SSSR count). The zero-order valence-corrected chi connectivity index (χ0v) is 8.58. The quantitative estimate of drug-likeness (QED) is 0.630. The number of nitrogens with one attached hydrogen (secondary N) is 1. The first-order valence-electron chi connectivity index (χ1n) is 4.61. The second-order valence-corrected chi connectivity index (χ2v) is 3.50. The van der Waals surface area contributed by atoms with Gasteiger partial charge in [-0.25, -0.2) is 0 Å². The van der Waals surface area contributed by atoms with Crippen LogP contribution < -0.4 is 5.32 Å². The minimum atomic E-state index is -0.654. The third-order valence-corrected chi connectivity index (χ3v) is 1.64. The number of hydrogen-bond donors (Lipinski definition) is 2. The molecule has 0 aliphatic heterocycles. The topological polar surface area (TPSA) is 49.3 Å². The van der Waals surface area contributed by atoms with Gasteiger partial charge in [0.15, 0.2) is 0 Å². The van der Waals surface area contributed by atoms with Crippen molar-refractivity contribution in [1.29, 1.82) is 0 Å². The van der Waals surface area contributed by atoms with Crippen LogP contribution in [0.1, 0.15) is 26.7 Å². The molecule has 0 aromatic heterocycles. The molecule has 2 N–H and O–H groups in total. The highest BCUT2D eigenvalue weighted by Crippen LogP contribution is 2.02. The van der Waals surface area contributed by atoms with Crippen molar-refractivity contribution in [3.8, 4) is 0 Å². The molecule has 1 amide bonds. The lowest BCUT2D eigenvalue weighted by molar-refractivity contribution is -0.121. The van der Waals surface area contributed by atoms with Crippen molar-refractivity contribution in [2.75, 3.05) is 7.05 Å². The molecule has 0 aliphatic rings. The largest absolute Gasteiger partial charge is 0.389 e. The van der Waals surface area contributed by atoms with E-state index in [1.165, 1.54) is 0 Å². The van der Waals surface area contributed by atoms with Crippen molar-refractivity contribution in [2.24, 2.45) is 5.92 Å². The molecule has 0 aromatic rings. The molecule has 0 aromatic carbocycles. The van der Waals surface area contributed by atoms with E-state index in [0.717, 1.165) is 6.42 Å². The van der Waals surface area contributed by atoms with E-state index in [2.05, 4.69) is 19.2 Å². The van der Waals surface area contributed by atoms with Crippen LogP contribution in [0.3, 0.4) is 0 Å². The van der Waals surface area contributed by atoms with E-state index in [1.807, 2.05) is 6.08 Å². The van der Waals surface area contributed by atoms with Gasteiger partial charge in [-0.2, -0.15) is 0 Å². The Hall–Kier alpha value is -0.830.